The van der Waals surface area contributed by atoms with E-state index in [1.165, 1.54) is 0 Å². The van der Waals surface area contributed by atoms with Crippen LogP contribution in [-0.2, 0) is 6.42 Å². The molecule has 0 saturated carbocycles. The first-order valence-electron chi connectivity index (χ1n) is 4.48. The fourth-order valence-electron chi connectivity index (χ4n) is 1.22. The van der Waals surface area contributed by atoms with Gasteiger partial charge in [0.15, 0.2) is 0 Å². The summed E-state index contributed by atoms with van der Waals surface area (Å²) < 4.78 is 0. The Labute approximate surface area is 84.7 Å². The Balaban J connectivity index is 2.80. The molecule has 0 radical (unpaired) electrons. The maximum atomic E-state index is 9.29. The topological polar surface area (TPSA) is 20.2 Å². The van der Waals surface area contributed by atoms with E-state index in [0.29, 0.717) is 6.42 Å². The predicted octanol–water partition coefficient (Wildman–Crippen LogP) is 3.41. The molecule has 0 aliphatic rings. The highest BCUT2D eigenvalue weighted by atomic mass is 16.3. The maximum Gasteiger partial charge on any atom is 0.111 e. The van der Waals surface area contributed by atoms with Gasteiger partial charge in [-0.15, -0.1) is 0 Å². The van der Waals surface area contributed by atoms with Crippen molar-refractivity contribution >= 4 is 0 Å². The van der Waals surface area contributed by atoms with Gasteiger partial charge < -0.3 is 5.11 Å². The summed E-state index contributed by atoms with van der Waals surface area (Å²) in [5.74, 6) is 0.105. The van der Waals surface area contributed by atoms with Gasteiger partial charge in [0.05, 0.1) is 0 Å². The fourth-order valence-corrected chi connectivity index (χ4v) is 1.22. The molecular weight excluding hydrogens is 172 g/mol. The quantitative estimate of drug-likeness (QED) is 0.564. The molecule has 1 nitrogen and oxygen atoms in total. The molecule has 1 N–H and O–H groups in total. The van der Waals surface area contributed by atoms with E-state index >= 15 is 0 Å². The lowest BCUT2D eigenvalue weighted by molar-refractivity contribution is 0.423. The van der Waals surface area contributed by atoms with Crippen LogP contribution in [0.3, 0.4) is 0 Å². The van der Waals surface area contributed by atoms with Gasteiger partial charge in [-0.1, -0.05) is 55.6 Å². The van der Waals surface area contributed by atoms with Crippen molar-refractivity contribution in [2.75, 3.05) is 0 Å². The Hall–Kier alpha value is -1.76. The second-order valence-electron chi connectivity index (χ2n) is 3.04. The largest absolute Gasteiger partial charge is 0.508 e. The van der Waals surface area contributed by atoms with Crippen LogP contribution in [0.2, 0.25) is 0 Å². The molecule has 0 aliphatic carbocycles. The minimum absolute atomic E-state index is 0.105. The van der Waals surface area contributed by atoms with E-state index in [4.69, 9.17) is 0 Å². The SMILES string of the molecule is C=C/C=C(/Cc1ccccc1)C(=C)O. The average Bonchev–Trinajstić information content (AvgIpc) is 2.18. The van der Waals surface area contributed by atoms with Gasteiger partial charge in [0.25, 0.3) is 0 Å². The second kappa shape index (κ2) is 5.07. The van der Waals surface area contributed by atoms with Gasteiger partial charge >= 0.3 is 0 Å². The number of hydrogen-bond acceptors (Lipinski definition) is 1. The molecule has 1 aromatic rings. The number of hydrogen-bond donors (Lipinski definition) is 1. The number of aliphatic hydroxyl groups is 1. The van der Waals surface area contributed by atoms with Crippen molar-refractivity contribution in [3.05, 3.63) is 72.5 Å². The van der Waals surface area contributed by atoms with E-state index < -0.39 is 0 Å². The van der Waals surface area contributed by atoms with Crippen LogP contribution >= 0.6 is 0 Å². The van der Waals surface area contributed by atoms with Crippen LogP contribution in [0.25, 0.3) is 0 Å². The molecule has 0 heterocycles. The van der Waals surface area contributed by atoms with Crippen molar-refractivity contribution in [2.45, 2.75) is 6.42 Å². The highest BCUT2D eigenvalue weighted by Gasteiger charge is 2.00. The molecule has 72 valence electrons. The molecule has 0 aliphatic heterocycles. The number of rotatable bonds is 4. The van der Waals surface area contributed by atoms with E-state index in [1.807, 2.05) is 30.3 Å². The standard InChI is InChI=1S/C13H14O/c1-3-7-13(11(2)14)10-12-8-5-4-6-9-12/h3-9,14H,1-2,10H2/b13-7-. The lowest BCUT2D eigenvalue weighted by Crippen LogP contribution is -1.92. The average molecular weight is 186 g/mol. The second-order valence-corrected chi connectivity index (χ2v) is 3.04. The van der Waals surface area contributed by atoms with Crippen molar-refractivity contribution in [3.63, 3.8) is 0 Å². The summed E-state index contributed by atoms with van der Waals surface area (Å²) in [5, 5.41) is 9.29. The van der Waals surface area contributed by atoms with Gasteiger partial charge in [0.2, 0.25) is 0 Å². The van der Waals surface area contributed by atoms with Crippen LogP contribution in [-0.4, -0.2) is 5.11 Å². The third-order valence-corrected chi connectivity index (χ3v) is 1.93. The van der Waals surface area contributed by atoms with Gasteiger partial charge in [-0.25, -0.2) is 0 Å². The molecular formula is C13H14O. The maximum absolute atomic E-state index is 9.29. The fraction of sp³-hybridized carbons (Fsp3) is 0.0769. The predicted molar refractivity (Wildman–Crippen MR) is 60.2 cm³/mol. The minimum Gasteiger partial charge on any atom is -0.508 e. The molecule has 0 unspecified atom stereocenters. The van der Waals surface area contributed by atoms with Crippen molar-refractivity contribution in [1.29, 1.82) is 0 Å². The van der Waals surface area contributed by atoms with E-state index in [2.05, 4.69) is 13.2 Å². The molecule has 0 bridgehead atoms. The molecule has 0 aromatic heterocycles. The summed E-state index contributed by atoms with van der Waals surface area (Å²) in [4.78, 5) is 0. The highest BCUT2D eigenvalue weighted by Crippen LogP contribution is 2.12. The van der Waals surface area contributed by atoms with Gasteiger partial charge in [0, 0.05) is 6.42 Å². The zero-order chi connectivity index (χ0) is 10.4. The van der Waals surface area contributed by atoms with Crippen molar-refractivity contribution < 1.29 is 5.11 Å². The van der Waals surface area contributed by atoms with E-state index in [-0.39, 0.29) is 5.76 Å². The van der Waals surface area contributed by atoms with E-state index in [9.17, 15) is 5.11 Å². The molecule has 1 rings (SSSR count). The molecule has 14 heavy (non-hydrogen) atoms. The van der Waals surface area contributed by atoms with Crippen LogP contribution in [0.4, 0.5) is 0 Å². The van der Waals surface area contributed by atoms with Gasteiger partial charge in [-0.2, -0.15) is 0 Å². The lowest BCUT2D eigenvalue weighted by atomic mass is 10.0. The summed E-state index contributed by atoms with van der Waals surface area (Å²) in [5.41, 5.74) is 1.95. The van der Waals surface area contributed by atoms with Crippen LogP contribution < -0.4 is 0 Å². The Morgan fingerprint density at radius 2 is 1.93 bits per heavy atom. The Morgan fingerprint density at radius 1 is 1.29 bits per heavy atom. The lowest BCUT2D eigenvalue weighted by Gasteiger charge is -2.04. The van der Waals surface area contributed by atoms with Crippen molar-refractivity contribution in [2.24, 2.45) is 0 Å². The van der Waals surface area contributed by atoms with Crippen LogP contribution in [0.5, 0.6) is 0 Å². The van der Waals surface area contributed by atoms with Gasteiger partial charge in [-0.3, -0.25) is 0 Å². The minimum atomic E-state index is 0.105. The van der Waals surface area contributed by atoms with E-state index in [1.54, 1.807) is 12.2 Å². The molecule has 0 atom stereocenters. The third-order valence-electron chi connectivity index (χ3n) is 1.93. The van der Waals surface area contributed by atoms with Gasteiger partial charge in [-0.05, 0) is 11.1 Å². The highest BCUT2D eigenvalue weighted by molar-refractivity contribution is 5.32. The Bertz CT molecular complexity index is 347. The number of benzene rings is 1. The van der Waals surface area contributed by atoms with Crippen molar-refractivity contribution in [1.82, 2.24) is 0 Å². The van der Waals surface area contributed by atoms with E-state index in [0.717, 1.165) is 11.1 Å². The smallest absolute Gasteiger partial charge is 0.111 e. The molecule has 0 saturated heterocycles. The van der Waals surface area contributed by atoms with Gasteiger partial charge in [0.1, 0.15) is 5.76 Å². The zero-order valence-corrected chi connectivity index (χ0v) is 8.11. The first-order chi connectivity index (χ1) is 6.74. The number of allylic oxidation sites excluding steroid dienone is 3. The summed E-state index contributed by atoms with van der Waals surface area (Å²) >= 11 is 0. The normalized spacial score (nSPS) is 11.0. The molecule has 1 heteroatoms. The Kier molecular flexibility index (Phi) is 3.74. The first kappa shape index (κ1) is 10.3. The third kappa shape index (κ3) is 2.94. The number of aliphatic hydroxyl groups excluding tert-OH is 1. The molecule has 0 amide bonds. The summed E-state index contributed by atoms with van der Waals surface area (Å²) in [6, 6.07) is 9.94. The monoisotopic (exact) mass is 186 g/mol. The Morgan fingerprint density at radius 3 is 2.43 bits per heavy atom. The van der Waals surface area contributed by atoms with Crippen LogP contribution in [0, 0.1) is 0 Å². The summed E-state index contributed by atoms with van der Waals surface area (Å²) in [6.45, 7) is 7.11. The van der Waals surface area contributed by atoms with Crippen LogP contribution in [0.15, 0.2) is 67.0 Å². The van der Waals surface area contributed by atoms with Crippen molar-refractivity contribution in [3.8, 4) is 0 Å². The molecule has 0 fully saturated rings. The summed E-state index contributed by atoms with van der Waals surface area (Å²) in [6.07, 6.45) is 4.11. The molecule has 0 spiro atoms. The van der Waals surface area contributed by atoms with Crippen LogP contribution in [0.1, 0.15) is 5.56 Å². The first-order valence-corrected chi connectivity index (χ1v) is 4.48. The zero-order valence-electron chi connectivity index (χ0n) is 8.11. The summed E-state index contributed by atoms with van der Waals surface area (Å²) in [7, 11) is 0. The molecule has 1 aromatic carbocycles.